The van der Waals surface area contributed by atoms with Gasteiger partial charge >= 0.3 is 0 Å². The molecule has 0 saturated carbocycles. The van der Waals surface area contributed by atoms with E-state index in [1.165, 1.54) is 0 Å². The van der Waals surface area contributed by atoms with Crippen LogP contribution in [-0.2, 0) is 13.6 Å². The Balaban J connectivity index is 3.21. The molecule has 1 heterocycles. The quantitative estimate of drug-likeness (QED) is 0.696. The molecule has 1 saturated heterocycles. The molecule has 0 radical (unpaired) electrons. The van der Waals surface area contributed by atoms with Gasteiger partial charge in [0.05, 0.1) is 5.60 Å². The minimum Gasteiger partial charge on any atom is -0.522 e. The summed E-state index contributed by atoms with van der Waals surface area (Å²) in [5, 5.41) is 0. The third-order valence-corrected chi connectivity index (χ3v) is 41.8. The van der Waals surface area contributed by atoms with Gasteiger partial charge in [-0.15, -0.1) is 0 Å². The van der Waals surface area contributed by atoms with E-state index in [4.69, 9.17) is 8.85 Å². The lowest BCUT2D eigenvalue weighted by Crippen LogP contribution is -2.79. The number of rotatable bonds is 1. The standard InChI is InChI=1S/C11H26O3Si3/c1-10(12)13-17(8)9-11(2,3)14-15(4,5)16(17,6)7/h9H2,1-8H3. The van der Waals surface area contributed by atoms with Crippen molar-refractivity contribution in [2.24, 2.45) is 0 Å². The normalized spacial score (nSPS) is 34.1. The topological polar surface area (TPSA) is 35.5 Å². The minimum absolute atomic E-state index is 0.109. The van der Waals surface area contributed by atoms with E-state index in [2.05, 4.69) is 46.6 Å². The molecule has 3 nitrogen and oxygen atoms in total. The van der Waals surface area contributed by atoms with Gasteiger partial charge in [-0.25, -0.2) is 0 Å². The fraction of sp³-hybridized carbons (Fsp3) is 0.909. The zero-order valence-corrected chi connectivity index (χ0v) is 15.4. The van der Waals surface area contributed by atoms with Gasteiger partial charge in [-0.3, -0.25) is 4.79 Å². The molecule has 0 aliphatic carbocycles. The first-order chi connectivity index (χ1) is 7.33. The molecule has 0 aromatic carbocycles. The Kier molecular flexibility index (Phi) is 3.60. The average molecular weight is 291 g/mol. The van der Waals surface area contributed by atoms with Gasteiger partial charge < -0.3 is 8.85 Å². The highest BCUT2D eigenvalue weighted by molar-refractivity contribution is 7.66. The monoisotopic (exact) mass is 290 g/mol. The molecule has 1 aliphatic heterocycles. The first-order valence-electron chi connectivity index (χ1n) is 6.23. The number of hydrogen-bond acceptors (Lipinski definition) is 3. The van der Waals surface area contributed by atoms with Crippen LogP contribution in [0, 0.1) is 0 Å². The average Bonchev–Trinajstić information content (AvgIpc) is 1.95. The van der Waals surface area contributed by atoms with Gasteiger partial charge in [0, 0.05) is 13.0 Å². The second kappa shape index (κ2) is 4.04. The first kappa shape index (κ1) is 15.1. The highest BCUT2D eigenvalue weighted by Gasteiger charge is 2.65. The molecule has 0 N–H and O–H groups in total. The summed E-state index contributed by atoms with van der Waals surface area (Å²) in [7, 11) is -5.32. The maximum Gasteiger partial charge on any atom is 0.289 e. The fourth-order valence-electron chi connectivity index (χ4n) is 3.01. The lowest BCUT2D eigenvalue weighted by atomic mass is 10.2. The van der Waals surface area contributed by atoms with E-state index in [-0.39, 0.29) is 11.6 Å². The van der Waals surface area contributed by atoms with E-state index < -0.39 is 22.8 Å². The van der Waals surface area contributed by atoms with Crippen molar-refractivity contribution in [3.63, 3.8) is 0 Å². The molecule has 1 atom stereocenters. The molecule has 0 bridgehead atoms. The SMILES string of the molecule is CC(=O)O[Si]1(C)CC(C)(C)O[Si](C)(C)[Si]1(C)C. The third-order valence-electron chi connectivity index (χ3n) is 4.49. The van der Waals surface area contributed by atoms with E-state index >= 15 is 0 Å². The van der Waals surface area contributed by atoms with Crippen LogP contribution in [0.3, 0.4) is 0 Å². The van der Waals surface area contributed by atoms with E-state index in [1.807, 2.05) is 0 Å². The van der Waals surface area contributed by atoms with Crippen molar-refractivity contribution < 1.29 is 13.6 Å². The van der Waals surface area contributed by atoms with Crippen molar-refractivity contribution >= 4 is 28.7 Å². The Hall–Kier alpha value is 0.0806. The van der Waals surface area contributed by atoms with Gasteiger partial charge in [0.1, 0.15) is 7.11 Å². The van der Waals surface area contributed by atoms with Crippen molar-refractivity contribution in [3.8, 4) is 0 Å². The predicted molar refractivity (Wildman–Crippen MR) is 78.3 cm³/mol. The molecule has 1 aliphatic rings. The van der Waals surface area contributed by atoms with Crippen LogP contribution in [0.1, 0.15) is 20.8 Å². The summed E-state index contributed by atoms with van der Waals surface area (Å²) in [6, 6.07) is 0.940. The smallest absolute Gasteiger partial charge is 0.289 e. The molecule has 17 heavy (non-hydrogen) atoms. The maximum absolute atomic E-state index is 11.4. The molecular weight excluding hydrogens is 264 g/mol. The zero-order chi connectivity index (χ0) is 13.7. The molecule has 0 spiro atoms. The second-order valence-electron chi connectivity index (χ2n) is 7.00. The van der Waals surface area contributed by atoms with Crippen LogP contribution in [0.5, 0.6) is 0 Å². The minimum atomic E-state index is -1.97. The van der Waals surface area contributed by atoms with Gasteiger partial charge in [-0.05, 0) is 33.5 Å². The van der Waals surface area contributed by atoms with Crippen LogP contribution in [0.25, 0.3) is 0 Å². The lowest BCUT2D eigenvalue weighted by Gasteiger charge is -2.56. The number of carbonyl (C=O) groups is 1. The fourth-order valence-corrected chi connectivity index (χ4v) is 31.6. The zero-order valence-electron chi connectivity index (χ0n) is 12.4. The Morgan fingerprint density at radius 2 is 1.65 bits per heavy atom. The van der Waals surface area contributed by atoms with Gasteiger partial charge in [-0.1, -0.05) is 13.1 Å². The van der Waals surface area contributed by atoms with Crippen molar-refractivity contribution in [2.75, 3.05) is 0 Å². The van der Waals surface area contributed by atoms with Crippen LogP contribution in [0.2, 0.25) is 38.8 Å². The number of hydrogen-bond donors (Lipinski definition) is 0. The summed E-state index contributed by atoms with van der Waals surface area (Å²) < 4.78 is 12.3. The summed E-state index contributed by atoms with van der Waals surface area (Å²) in [4.78, 5) is 11.4. The molecule has 1 rings (SSSR count). The first-order valence-corrected chi connectivity index (χ1v) is 16.8. The molecule has 1 fully saturated rings. The van der Waals surface area contributed by atoms with E-state index in [1.54, 1.807) is 6.92 Å². The number of carbonyl (C=O) groups excluding carboxylic acids is 1. The Labute approximate surface area is 108 Å². The molecule has 0 aromatic heterocycles. The lowest BCUT2D eigenvalue weighted by molar-refractivity contribution is -0.132. The van der Waals surface area contributed by atoms with Crippen LogP contribution in [-0.4, -0.2) is 34.3 Å². The Morgan fingerprint density at radius 3 is 2.06 bits per heavy atom. The molecule has 6 heteroatoms. The second-order valence-corrected chi connectivity index (χ2v) is 32.3. The largest absolute Gasteiger partial charge is 0.522 e. The van der Waals surface area contributed by atoms with Gasteiger partial charge in [0.15, 0.2) is 7.83 Å². The third kappa shape index (κ3) is 2.59. The highest BCUT2D eigenvalue weighted by atomic mass is 29.7. The van der Waals surface area contributed by atoms with Gasteiger partial charge in [-0.2, -0.15) is 0 Å². The van der Waals surface area contributed by atoms with Gasteiger partial charge in [0.25, 0.3) is 5.97 Å². The molecule has 0 amide bonds. The molecule has 1 unspecified atom stereocenters. The van der Waals surface area contributed by atoms with E-state index in [0.717, 1.165) is 6.04 Å². The van der Waals surface area contributed by atoms with Crippen LogP contribution >= 0.6 is 0 Å². The van der Waals surface area contributed by atoms with Crippen molar-refractivity contribution in [1.82, 2.24) is 0 Å². The van der Waals surface area contributed by atoms with Crippen LogP contribution in [0.15, 0.2) is 0 Å². The summed E-state index contributed by atoms with van der Waals surface area (Å²) in [6.45, 7) is 17.4. The molecule has 100 valence electrons. The van der Waals surface area contributed by atoms with Crippen LogP contribution < -0.4 is 0 Å². The Morgan fingerprint density at radius 1 is 1.18 bits per heavy atom. The van der Waals surface area contributed by atoms with Crippen LogP contribution in [0.4, 0.5) is 0 Å². The summed E-state index contributed by atoms with van der Waals surface area (Å²) in [6.07, 6.45) is 0. The van der Waals surface area contributed by atoms with Crippen molar-refractivity contribution in [1.29, 1.82) is 0 Å². The van der Waals surface area contributed by atoms with Crippen molar-refractivity contribution in [3.05, 3.63) is 0 Å². The highest BCUT2D eigenvalue weighted by Crippen LogP contribution is 2.44. The van der Waals surface area contributed by atoms with E-state index in [9.17, 15) is 4.79 Å². The summed E-state index contributed by atoms with van der Waals surface area (Å²) in [5.74, 6) is -0.109. The maximum atomic E-state index is 11.4. The summed E-state index contributed by atoms with van der Waals surface area (Å²) >= 11 is 0. The molecular formula is C11H26O3Si3. The van der Waals surface area contributed by atoms with Crippen molar-refractivity contribution in [2.45, 2.75) is 65.2 Å². The summed E-state index contributed by atoms with van der Waals surface area (Å²) in [5.41, 5.74) is -0.130. The predicted octanol–water partition coefficient (Wildman–Crippen LogP) is 3.00. The van der Waals surface area contributed by atoms with Gasteiger partial charge in [0.2, 0.25) is 7.83 Å². The molecule has 0 aromatic rings. The Bertz CT molecular complexity index is 339. The van der Waals surface area contributed by atoms with E-state index in [0.29, 0.717) is 0 Å².